The maximum atomic E-state index is 13.6. The fraction of sp³-hybridized carbons (Fsp3) is 0.520. The van der Waals surface area contributed by atoms with Gasteiger partial charge in [-0.15, -0.1) is 0 Å². The number of hydrogen-bond donors (Lipinski definition) is 1. The predicted molar refractivity (Wildman–Crippen MR) is 133 cm³/mol. The van der Waals surface area contributed by atoms with Crippen molar-refractivity contribution in [1.29, 1.82) is 0 Å². The van der Waals surface area contributed by atoms with Gasteiger partial charge >= 0.3 is 0 Å². The summed E-state index contributed by atoms with van der Waals surface area (Å²) in [7, 11) is 0. The van der Waals surface area contributed by atoms with Gasteiger partial charge in [-0.3, -0.25) is 9.59 Å². The first-order valence-electron chi connectivity index (χ1n) is 11.6. The smallest absolute Gasteiger partial charge is 0.274 e. The minimum Gasteiger partial charge on any atom is -0.371 e. The van der Waals surface area contributed by atoms with E-state index in [0.29, 0.717) is 16.9 Å². The highest BCUT2D eigenvalue weighted by molar-refractivity contribution is 14.1. The molecule has 2 saturated carbocycles. The number of benzene rings is 1. The fourth-order valence-electron chi connectivity index (χ4n) is 5.41. The van der Waals surface area contributed by atoms with E-state index in [1.165, 1.54) is 11.0 Å². The van der Waals surface area contributed by atoms with Gasteiger partial charge in [0.15, 0.2) is 0 Å². The molecule has 1 N–H and O–H groups in total. The van der Waals surface area contributed by atoms with Crippen LogP contribution in [-0.4, -0.2) is 29.5 Å². The summed E-state index contributed by atoms with van der Waals surface area (Å²) in [4.78, 5) is 28.6. The van der Waals surface area contributed by atoms with Gasteiger partial charge in [-0.05, 0) is 89.9 Å². The summed E-state index contributed by atoms with van der Waals surface area (Å²) in [5.74, 6) is -2.31. The SMILES string of the molecule is CC12CCN(c3cc(I)ccc3C(=O)Nc3cccn(C4CCC(F)(F)CC4)c3=O)CC1C2. The Morgan fingerprint density at radius 3 is 2.67 bits per heavy atom. The van der Waals surface area contributed by atoms with E-state index in [1.807, 2.05) is 18.2 Å². The lowest BCUT2D eigenvalue weighted by atomic mass is 9.92. The molecule has 8 heteroatoms. The Balaban J connectivity index is 1.37. The number of nitrogens with zero attached hydrogens (tertiary/aromatic N) is 2. The lowest BCUT2D eigenvalue weighted by Gasteiger charge is -2.33. The lowest BCUT2D eigenvalue weighted by Crippen LogP contribution is -2.36. The highest BCUT2D eigenvalue weighted by atomic mass is 127. The predicted octanol–water partition coefficient (Wildman–Crippen LogP) is 5.69. The number of carbonyl (C=O) groups excluding carboxylic acids is 1. The standard InChI is InChI=1S/C25H28F2IN3O2/c1-24-10-12-30(15-16(24)14-24)21-13-17(28)4-5-19(21)22(32)29-20-3-2-11-31(23(20)33)18-6-8-25(26,27)9-7-18/h2-5,11,13,16,18H,6-10,12,14-15H2,1H3,(H,29,32). The van der Waals surface area contributed by atoms with Crippen LogP contribution in [0.3, 0.4) is 0 Å². The molecule has 0 bridgehead atoms. The molecule has 0 spiro atoms. The zero-order chi connectivity index (χ0) is 23.4. The van der Waals surface area contributed by atoms with E-state index in [-0.39, 0.29) is 48.9 Å². The molecule has 5 nitrogen and oxygen atoms in total. The minimum absolute atomic E-state index is 0.178. The van der Waals surface area contributed by atoms with Crippen LogP contribution < -0.4 is 15.8 Å². The summed E-state index contributed by atoms with van der Waals surface area (Å²) < 4.78 is 29.7. The van der Waals surface area contributed by atoms with E-state index in [1.54, 1.807) is 18.3 Å². The van der Waals surface area contributed by atoms with Gasteiger partial charge in [0, 0.05) is 41.7 Å². The zero-order valence-electron chi connectivity index (χ0n) is 18.6. The summed E-state index contributed by atoms with van der Waals surface area (Å²) in [6.07, 6.45) is 4.05. The molecular weight excluding hydrogens is 539 g/mol. The highest BCUT2D eigenvalue weighted by Gasteiger charge is 2.52. The van der Waals surface area contributed by atoms with E-state index < -0.39 is 5.92 Å². The van der Waals surface area contributed by atoms with Crippen molar-refractivity contribution >= 4 is 39.9 Å². The number of carbonyl (C=O) groups is 1. The first kappa shape index (κ1) is 22.8. The van der Waals surface area contributed by atoms with Crippen LogP contribution in [0, 0.1) is 14.9 Å². The van der Waals surface area contributed by atoms with Gasteiger partial charge in [-0.1, -0.05) is 6.92 Å². The number of rotatable bonds is 4. The number of hydrogen-bond acceptors (Lipinski definition) is 3. The Morgan fingerprint density at radius 2 is 1.94 bits per heavy atom. The van der Waals surface area contributed by atoms with Crippen molar-refractivity contribution in [2.24, 2.45) is 11.3 Å². The van der Waals surface area contributed by atoms with Gasteiger partial charge in [0.05, 0.1) is 11.3 Å². The molecule has 3 fully saturated rings. The number of piperidine rings is 1. The average molecular weight is 567 g/mol. The number of halogens is 3. The van der Waals surface area contributed by atoms with Crippen molar-refractivity contribution in [3.8, 4) is 0 Å². The maximum Gasteiger partial charge on any atom is 0.274 e. The molecule has 1 aromatic carbocycles. The zero-order valence-corrected chi connectivity index (χ0v) is 20.8. The van der Waals surface area contributed by atoms with Gasteiger partial charge in [0.2, 0.25) is 5.92 Å². The third kappa shape index (κ3) is 4.55. The maximum absolute atomic E-state index is 13.6. The molecule has 1 aliphatic heterocycles. The van der Waals surface area contributed by atoms with Gasteiger partial charge in [0.25, 0.3) is 11.5 Å². The van der Waals surface area contributed by atoms with Gasteiger partial charge < -0.3 is 14.8 Å². The van der Waals surface area contributed by atoms with Crippen molar-refractivity contribution in [3.63, 3.8) is 0 Å². The van der Waals surface area contributed by atoms with E-state index in [9.17, 15) is 18.4 Å². The van der Waals surface area contributed by atoms with Crippen LogP contribution in [0.2, 0.25) is 0 Å². The molecular formula is C25H28F2IN3O2. The van der Waals surface area contributed by atoms with E-state index in [0.717, 1.165) is 28.8 Å². The third-order valence-electron chi connectivity index (χ3n) is 7.78. The summed E-state index contributed by atoms with van der Waals surface area (Å²) >= 11 is 2.26. The summed E-state index contributed by atoms with van der Waals surface area (Å²) in [6.45, 7) is 4.20. The minimum atomic E-state index is -2.65. The number of fused-ring (bicyclic) bond motifs is 1. The molecule has 2 heterocycles. The van der Waals surface area contributed by atoms with Crippen LogP contribution in [-0.2, 0) is 0 Å². The number of amides is 1. The van der Waals surface area contributed by atoms with Crippen molar-refractivity contribution in [2.75, 3.05) is 23.3 Å². The van der Waals surface area contributed by atoms with Crippen LogP contribution in [0.15, 0.2) is 41.3 Å². The van der Waals surface area contributed by atoms with Crippen LogP contribution in [0.5, 0.6) is 0 Å². The monoisotopic (exact) mass is 567 g/mol. The Labute approximate surface area is 205 Å². The summed E-state index contributed by atoms with van der Waals surface area (Å²) in [6, 6.07) is 8.75. The number of alkyl halides is 2. The second kappa shape index (κ2) is 8.36. The lowest BCUT2D eigenvalue weighted by molar-refractivity contribution is -0.0442. The highest BCUT2D eigenvalue weighted by Crippen LogP contribution is 2.57. The molecule has 2 aromatic rings. The van der Waals surface area contributed by atoms with E-state index in [2.05, 4.69) is 39.7 Å². The van der Waals surface area contributed by atoms with Crippen LogP contribution >= 0.6 is 22.6 Å². The van der Waals surface area contributed by atoms with Gasteiger partial charge in [0.1, 0.15) is 5.69 Å². The summed E-state index contributed by atoms with van der Waals surface area (Å²) in [5, 5.41) is 2.80. The Bertz CT molecular complexity index is 1140. The molecule has 3 aliphatic rings. The second-order valence-corrected chi connectivity index (χ2v) is 11.3. The van der Waals surface area contributed by atoms with Crippen molar-refractivity contribution < 1.29 is 13.6 Å². The quantitative estimate of drug-likeness (QED) is 0.483. The Kier molecular flexibility index (Phi) is 5.77. The van der Waals surface area contributed by atoms with Crippen molar-refractivity contribution in [1.82, 2.24) is 4.57 Å². The van der Waals surface area contributed by atoms with Gasteiger partial charge in [-0.25, -0.2) is 8.78 Å². The number of pyridine rings is 1. The van der Waals surface area contributed by atoms with Crippen molar-refractivity contribution in [2.45, 2.75) is 57.4 Å². The summed E-state index contributed by atoms with van der Waals surface area (Å²) in [5.41, 5.74) is 1.74. The third-order valence-corrected chi connectivity index (χ3v) is 8.45. The second-order valence-electron chi connectivity index (χ2n) is 10.1. The molecule has 33 heavy (non-hydrogen) atoms. The van der Waals surface area contributed by atoms with E-state index >= 15 is 0 Å². The number of nitrogens with one attached hydrogen (secondary N) is 1. The largest absolute Gasteiger partial charge is 0.371 e. The van der Waals surface area contributed by atoms with E-state index in [4.69, 9.17) is 0 Å². The van der Waals surface area contributed by atoms with Crippen LogP contribution in [0.1, 0.15) is 61.8 Å². The number of aromatic nitrogens is 1. The fourth-order valence-corrected chi connectivity index (χ4v) is 5.88. The Morgan fingerprint density at radius 1 is 1.18 bits per heavy atom. The molecule has 5 rings (SSSR count). The topological polar surface area (TPSA) is 54.3 Å². The Hall–Kier alpha value is -1.97. The average Bonchev–Trinajstić information content (AvgIpc) is 3.46. The molecule has 2 aliphatic carbocycles. The molecule has 0 radical (unpaired) electrons. The van der Waals surface area contributed by atoms with Gasteiger partial charge in [-0.2, -0.15) is 0 Å². The molecule has 1 aromatic heterocycles. The normalized spacial score (nSPS) is 26.5. The molecule has 176 valence electrons. The molecule has 1 amide bonds. The number of anilines is 2. The molecule has 2 atom stereocenters. The molecule has 1 saturated heterocycles. The van der Waals surface area contributed by atoms with Crippen LogP contribution in [0.4, 0.5) is 20.2 Å². The first-order chi connectivity index (χ1) is 15.7. The van der Waals surface area contributed by atoms with Crippen molar-refractivity contribution in [3.05, 3.63) is 56.0 Å². The van der Waals surface area contributed by atoms with Crippen LogP contribution in [0.25, 0.3) is 0 Å². The first-order valence-corrected chi connectivity index (χ1v) is 12.7. The molecule has 2 unspecified atom stereocenters.